The number of nitrogens with zero attached hydrogens (tertiary/aromatic N) is 3. The number of rotatable bonds is 5. The summed E-state index contributed by atoms with van der Waals surface area (Å²) < 4.78 is 89.6. The number of halogens is 6. The second kappa shape index (κ2) is 8.59. The summed E-state index contributed by atoms with van der Waals surface area (Å²) in [4.78, 5) is 8.23. The molecule has 184 valence electrons. The molecule has 0 saturated heterocycles. The number of ether oxygens (including phenoxy) is 1. The van der Waals surface area contributed by atoms with Crippen LogP contribution in [0.5, 0.6) is 5.75 Å². The van der Waals surface area contributed by atoms with Gasteiger partial charge in [-0.1, -0.05) is 18.2 Å². The van der Waals surface area contributed by atoms with Gasteiger partial charge in [0, 0.05) is 11.5 Å². The SMILES string of the molecule is FC(F)(F)Oc1ccccc1-c1nc(Nc2cc(-c3ccco3)[nH]n2)c2cccc(C(F)(F)F)c2n1. The van der Waals surface area contributed by atoms with Crippen LogP contribution in [0.4, 0.5) is 38.0 Å². The Balaban J connectivity index is 1.68. The van der Waals surface area contributed by atoms with Crippen molar-refractivity contribution in [1.82, 2.24) is 20.2 Å². The van der Waals surface area contributed by atoms with Crippen molar-refractivity contribution in [3.8, 4) is 28.6 Å². The van der Waals surface area contributed by atoms with Crippen molar-refractivity contribution in [3.05, 3.63) is 72.5 Å². The smallest absolute Gasteiger partial charge is 0.463 e. The topological polar surface area (TPSA) is 88.9 Å². The van der Waals surface area contributed by atoms with Gasteiger partial charge in [0.1, 0.15) is 17.3 Å². The highest BCUT2D eigenvalue weighted by atomic mass is 19.4. The van der Waals surface area contributed by atoms with Crippen LogP contribution in [0.1, 0.15) is 5.56 Å². The number of alkyl halides is 6. The van der Waals surface area contributed by atoms with E-state index in [0.717, 1.165) is 12.1 Å². The van der Waals surface area contributed by atoms with E-state index in [-0.39, 0.29) is 22.6 Å². The summed E-state index contributed by atoms with van der Waals surface area (Å²) in [5.41, 5.74) is -1.38. The first-order valence-electron chi connectivity index (χ1n) is 10.2. The number of aromatic nitrogens is 4. The van der Waals surface area contributed by atoms with Gasteiger partial charge in [-0.15, -0.1) is 13.2 Å². The fourth-order valence-corrected chi connectivity index (χ4v) is 3.53. The van der Waals surface area contributed by atoms with E-state index in [4.69, 9.17) is 4.42 Å². The third-order valence-electron chi connectivity index (χ3n) is 5.00. The molecule has 0 aliphatic carbocycles. The highest BCUT2D eigenvalue weighted by Gasteiger charge is 2.35. The first kappa shape index (κ1) is 23.2. The van der Waals surface area contributed by atoms with E-state index in [1.165, 1.54) is 42.7 Å². The molecule has 0 bridgehead atoms. The second-order valence-corrected chi connectivity index (χ2v) is 7.41. The molecular formula is C23H13F6N5O2. The number of hydrogen-bond acceptors (Lipinski definition) is 6. The molecule has 3 aromatic heterocycles. The summed E-state index contributed by atoms with van der Waals surface area (Å²) in [6, 6.07) is 13.1. The van der Waals surface area contributed by atoms with Crippen LogP contribution in [0.3, 0.4) is 0 Å². The molecule has 0 amide bonds. The van der Waals surface area contributed by atoms with Gasteiger partial charge in [0.2, 0.25) is 0 Å². The van der Waals surface area contributed by atoms with Crippen molar-refractivity contribution in [2.45, 2.75) is 12.5 Å². The molecule has 0 unspecified atom stereocenters. The number of anilines is 2. The van der Waals surface area contributed by atoms with Crippen molar-refractivity contribution in [1.29, 1.82) is 0 Å². The molecule has 0 aliphatic heterocycles. The Kier molecular flexibility index (Phi) is 5.54. The first-order valence-corrected chi connectivity index (χ1v) is 10.2. The van der Waals surface area contributed by atoms with Gasteiger partial charge in [-0.05, 0) is 36.4 Å². The van der Waals surface area contributed by atoms with E-state index < -0.39 is 35.2 Å². The Morgan fingerprint density at radius 2 is 1.69 bits per heavy atom. The molecule has 0 atom stereocenters. The Morgan fingerprint density at radius 3 is 2.42 bits per heavy atom. The Hall–Kier alpha value is -4.55. The number of para-hydroxylation sites is 2. The molecule has 0 aliphatic rings. The van der Waals surface area contributed by atoms with Crippen molar-refractivity contribution in [2.24, 2.45) is 0 Å². The van der Waals surface area contributed by atoms with Gasteiger partial charge < -0.3 is 14.5 Å². The lowest BCUT2D eigenvalue weighted by atomic mass is 10.1. The van der Waals surface area contributed by atoms with Gasteiger partial charge >= 0.3 is 12.5 Å². The van der Waals surface area contributed by atoms with E-state index in [2.05, 4.69) is 30.2 Å². The fourth-order valence-electron chi connectivity index (χ4n) is 3.53. The van der Waals surface area contributed by atoms with E-state index in [9.17, 15) is 26.3 Å². The monoisotopic (exact) mass is 505 g/mol. The van der Waals surface area contributed by atoms with Gasteiger partial charge in [-0.2, -0.15) is 18.3 Å². The van der Waals surface area contributed by atoms with Crippen LogP contribution in [-0.4, -0.2) is 26.5 Å². The summed E-state index contributed by atoms with van der Waals surface area (Å²) in [6.45, 7) is 0. The molecule has 0 radical (unpaired) electrons. The van der Waals surface area contributed by atoms with Crippen LogP contribution in [0.2, 0.25) is 0 Å². The Bertz CT molecular complexity index is 1530. The normalized spacial score (nSPS) is 12.2. The predicted octanol–water partition coefficient (Wildman–Crippen LogP) is 6.94. The maximum Gasteiger partial charge on any atom is 0.573 e. The quantitative estimate of drug-likeness (QED) is 0.252. The Morgan fingerprint density at radius 1 is 0.889 bits per heavy atom. The van der Waals surface area contributed by atoms with E-state index in [1.807, 2.05) is 0 Å². The molecule has 0 saturated carbocycles. The molecule has 3 heterocycles. The molecule has 2 aromatic carbocycles. The first-order chi connectivity index (χ1) is 17.1. The molecule has 5 aromatic rings. The van der Waals surface area contributed by atoms with Crippen LogP contribution in [0, 0.1) is 0 Å². The van der Waals surface area contributed by atoms with Crippen LogP contribution >= 0.6 is 0 Å². The highest BCUT2D eigenvalue weighted by Crippen LogP contribution is 2.39. The van der Waals surface area contributed by atoms with Crippen molar-refractivity contribution >= 4 is 22.5 Å². The standard InChI is InChI=1S/C23H13F6N5O2/c24-22(25,26)14-7-3-6-13-19(14)31-20(12-5-1-2-8-16(12)36-23(27,28)29)32-21(13)30-18-11-15(33-34-18)17-9-4-10-35-17/h1-11H,(H2,30,31,32,33,34). The van der Waals surface area contributed by atoms with Crippen LogP contribution in [0.25, 0.3) is 33.7 Å². The van der Waals surface area contributed by atoms with E-state index in [1.54, 1.807) is 12.1 Å². The molecule has 0 spiro atoms. The maximum absolute atomic E-state index is 13.8. The van der Waals surface area contributed by atoms with Gasteiger partial charge in [0.05, 0.1) is 22.9 Å². The lowest BCUT2D eigenvalue weighted by Crippen LogP contribution is -2.17. The third-order valence-corrected chi connectivity index (χ3v) is 5.00. The fraction of sp³-hybridized carbons (Fsp3) is 0.0870. The zero-order valence-electron chi connectivity index (χ0n) is 17.8. The number of H-pyrrole nitrogens is 1. The molecule has 36 heavy (non-hydrogen) atoms. The summed E-state index contributed by atoms with van der Waals surface area (Å²) in [5.74, 6) is -0.561. The van der Waals surface area contributed by atoms with Crippen LogP contribution < -0.4 is 10.1 Å². The number of furan rings is 1. The molecule has 5 rings (SSSR count). The minimum atomic E-state index is -5.04. The number of fused-ring (bicyclic) bond motifs is 1. The largest absolute Gasteiger partial charge is 0.573 e. The molecule has 13 heteroatoms. The van der Waals surface area contributed by atoms with Crippen molar-refractivity contribution < 1.29 is 35.5 Å². The van der Waals surface area contributed by atoms with E-state index in [0.29, 0.717) is 11.5 Å². The van der Waals surface area contributed by atoms with E-state index >= 15 is 0 Å². The minimum absolute atomic E-state index is 0.0228. The molecular weight excluding hydrogens is 492 g/mol. The molecule has 0 fully saturated rings. The average Bonchev–Trinajstić information content (AvgIpc) is 3.49. The summed E-state index contributed by atoms with van der Waals surface area (Å²) in [5, 5.41) is 9.58. The van der Waals surface area contributed by atoms with Gasteiger partial charge in [0.15, 0.2) is 17.4 Å². The molecule has 7 nitrogen and oxygen atoms in total. The Labute approximate surface area is 197 Å². The van der Waals surface area contributed by atoms with Crippen LogP contribution in [-0.2, 0) is 6.18 Å². The van der Waals surface area contributed by atoms with Crippen LogP contribution in [0.15, 0.2) is 71.3 Å². The lowest BCUT2D eigenvalue weighted by Gasteiger charge is -2.16. The zero-order valence-corrected chi connectivity index (χ0v) is 17.8. The van der Waals surface area contributed by atoms with Gasteiger partial charge in [0.25, 0.3) is 0 Å². The van der Waals surface area contributed by atoms with Gasteiger partial charge in [-0.3, -0.25) is 5.10 Å². The number of nitrogens with one attached hydrogen (secondary N) is 2. The second-order valence-electron chi connectivity index (χ2n) is 7.41. The van der Waals surface area contributed by atoms with Crippen molar-refractivity contribution in [3.63, 3.8) is 0 Å². The average molecular weight is 505 g/mol. The summed E-state index contributed by atoms with van der Waals surface area (Å²) in [7, 11) is 0. The minimum Gasteiger partial charge on any atom is -0.463 e. The molecule has 2 N–H and O–H groups in total. The number of hydrogen-bond donors (Lipinski definition) is 2. The zero-order chi connectivity index (χ0) is 25.5. The van der Waals surface area contributed by atoms with Crippen molar-refractivity contribution in [2.75, 3.05) is 5.32 Å². The predicted molar refractivity (Wildman–Crippen MR) is 116 cm³/mol. The summed E-state index contributed by atoms with van der Waals surface area (Å²) in [6.07, 6.45) is -8.38. The maximum atomic E-state index is 13.8. The lowest BCUT2D eigenvalue weighted by molar-refractivity contribution is -0.274. The summed E-state index contributed by atoms with van der Waals surface area (Å²) >= 11 is 0. The number of benzene rings is 2. The van der Waals surface area contributed by atoms with Gasteiger partial charge in [-0.25, -0.2) is 9.97 Å². The highest BCUT2D eigenvalue weighted by molar-refractivity contribution is 5.94. The number of aromatic amines is 1. The third kappa shape index (κ3) is 4.67.